The Morgan fingerprint density at radius 1 is 1.20 bits per heavy atom. The minimum absolute atomic E-state index is 0.0989. The Bertz CT molecular complexity index is 1060. The SMILES string of the molecule is CN(CCc1ccccc1)C(=O)CCn1ccc(-c2noc(C(F)(F)F)n2)cc1=O. The average molecular weight is 420 g/mol. The molecule has 0 spiro atoms. The lowest BCUT2D eigenvalue weighted by Gasteiger charge is -2.17. The van der Waals surface area contributed by atoms with Gasteiger partial charge in [0.15, 0.2) is 0 Å². The van der Waals surface area contributed by atoms with Crippen LogP contribution in [0, 0.1) is 0 Å². The molecule has 7 nitrogen and oxygen atoms in total. The van der Waals surface area contributed by atoms with Crippen molar-refractivity contribution >= 4 is 5.91 Å². The van der Waals surface area contributed by atoms with Crippen LogP contribution in [0.4, 0.5) is 13.2 Å². The molecule has 2 heterocycles. The van der Waals surface area contributed by atoms with Crippen molar-refractivity contribution in [1.29, 1.82) is 0 Å². The van der Waals surface area contributed by atoms with Crippen molar-refractivity contribution in [3.05, 3.63) is 70.5 Å². The maximum atomic E-state index is 12.6. The summed E-state index contributed by atoms with van der Waals surface area (Å²) in [7, 11) is 1.70. The largest absolute Gasteiger partial charge is 0.471 e. The molecule has 30 heavy (non-hydrogen) atoms. The van der Waals surface area contributed by atoms with Gasteiger partial charge < -0.3 is 14.0 Å². The van der Waals surface area contributed by atoms with Crippen molar-refractivity contribution in [1.82, 2.24) is 19.6 Å². The van der Waals surface area contributed by atoms with E-state index in [1.165, 1.54) is 16.8 Å². The molecule has 1 aromatic carbocycles. The Morgan fingerprint density at radius 2 is 1.93 bits per heavy atom. The first-order valence-electron chi connectivity index (χ1n) is 9.13. The van der Waals surface area contributed by atoms with Crippen LogP contribution in [-0.4, -0.2) is 39.1 Å². The monoisotopic (exact) mass is 420 g/mol. The van der Waals surface area contributed by atoms with Crippen LogP contribution in [0.1, 0.15) is 17.9 Å². The smallest absolute Gasteiger partial charge is 0.345 e. The molecule has 2 aromatic heterocycles. The molecule has 0 radical (unpaired) electrons. The highest BCUT2D eigenvalue weighted by atomic mass is 19.4. The first-order chi connectivity index (χ1) is 14.2. The molecule has 3 rings (SSSR count). The van der Waals surface area contributed by atoms with Crippen molar-refractivity contribution < 1.29 is 22.5 Å². The van der Waals surface area contributed by atoms with Crippen LogP contribution in [0.15, 0.2) is 58.0 Å². The lowest BCUT2D eigenvalue weighted by molar-refractivity contribution is -0.159. The Balaban J connectivity index is 1.57. The lowest BCUT2D eigenvalue weighted by Crippen LogP contribution is -2.30. The molecule has 1 amide bonds. The highest BCUT2D eigenvalue weighted by Gasteiger charge is 2.38. The van der Waals surface area contributed by atoms with Gasteiger partial charge in [-0.05, 0) is 18.1 Å². The van der Waals surface area contributed by atoms with Crippen molar-refractivity contribution in [2.45, 2.75) is 25.6 Å². The number of hydrogen-bond donors (Lipinski definition) is 0. The van der Waals surface area contributed by atoms with Gasteiger partial charge in [-0.15, -0.1) is 0 Å². The zero-order valence-electron chi connectivity index (χ0n) is 16.1. The van der Waals surface area contributed by atoms with Crippen molar-refractivity contribution in [2.24, 2.45) is 0 Å². The van der Waals surface area contributed by atoms with E-state index >= 15 is 0 Å². The van der Waals surface area contributed by atoms with Crippen LogP contribution in [-0.2, 0) is 23.9 Å². The standard InChI is InChI=1S/C20H19F3N4O3/c1-26(10-7-14-5-3-2-4-6-14)16(28)9-12-27-11-8-15(13-17(27)29)18-24-19(30-25-18)20(21,22)23/h2-6,8,11,13H,7,9-10,12H2,1H3. The molecule has 0 unspecified atom stereocenters. The average Bonchev–Trinajstić information content (AvgIpc) is 3.22. The molecule has 158 valence electrons. The molecule has 0 saturated carbocycles. The van der Waals surface area contributed by atoms with Gasteiger partial charge in [-0.3, -0.25) is 9.59 Å². The van der Waals surface area contributed by atoms with Crippen LogP contribution in [0.25, 0.3) is 11.4 Å². The van der Waals surface area contributed by atoms with Gasteiger partial charge in [0.2, 0.25) is 11.7 Å². The predicted octanol–water partition coefficient (Wildman–Crippen LogP) is 3.01. The molecule has 0 aliphatic heterocycles. The molecule has 0 saturated heterocycles. The summed E-state index contributed by atoms with van der Waals surface area (Å²) in [6.07, 6.45) is -2.53. The van der Waals surface area contributed by atoms with Crippen LogP contribution < -0.4 is 5.56 Å². The Kier molecular flexibility index (Phi) is 6.34. The number of amides is 1. The predicted molar refractivity (Wildman–Crippen MR) is 101 cm³/mol. The van der Waals surface area contributed by atoms with Crippen molar-refractivity contribution in [3.63, 3.8) is 0 Å². The number of benzene rings is 1. The minimum Gasteiger partial charge on any atom is -0.345 e. The maximum Gasteiger partial charge on any atom is 0.471 e. The number of rotatable bonds is 7. The van der Waals surface area contributed by atoms with E-state index in [9.17, 15) is 22.8 Å². The number of carbonyl (C=O) groups is 1. The summed E-state index contributed by atoms with van der Waals surface area (Å²) in [4.78, 5) is 29.4. The van der Waals surface area contributed by atoms with E-state index in [4.69, 9.17) is 0 Å². The summed E-state index contributed by atoms with van der Waals surface area (Å²) in [5, 5.41) is 3.25. The van der Waals surface area contributed by atoms with Gasteiger partial charge in [0.25, 0.3) is 5.56 Å². The van der Waals surface area contributed by atoms with Crippen LogP contribution in [0.3, 0.4) is 0 Å². The molecule has 3 aromatic rings. The quantitative estimate of drug-likeness (QED) is 0.587. The summed E-state index contributed by atoms with van der Waals surface area (Å²) in [6, 6.07) is 12.3. The van der Waals surface area contributed by atoms with E-state index in [1.54, 1.807) is 11.9 Å². The molecular weight excluding hydrogens is 401 g/mol. The third-order valence-corrected chi connectivity index (χ3v) is 4.49. The number of aromatic nitrogens is 3. The summed E-state index contributed by atoms with van der Waals surface area (Å²) < 4.78 is 43.1. The van der Waals surface area contributed by atoms with E-state index < -0.39 is 17.6 Å². The fourth-order valence-corrected chi connectivity index (χ4v) is 2.76. The van der Waals surface area contributed by atoms with Crippen LogP contribution in [0.2, 0.25) is 0 Å². The zero-order chi connectivity index (χ0) is 21.7. The number of alkyl halides is 3. The second-order valence-corrected chi connectivity index (χ2v) is 6.67. The van der Waals surface area contributed by atoms with Gasteiger partial charge in [0.1, 0.15) is 0 Å². The number of aryl methyl sites for hydroxylation is 1. The summed E-state index contributed by atoms with van der Waals surface area (Å²) in [6.45, 7) is 0.698. The van der Waals surface area contributed by atoms with Gasteiger partial charge in [-0.2, -0.15) is 18.2 Å². The lowest BCUT2D eigenvalue weighted by atomic mass is 10.1. The third-order valence-electron chi connectivity index (χ3n) is 4.49. The molecule has 0 N–H and O–H groups in total. The van der Waals surface area contributed by atoms with E-state index in [0.29, 0.717) is 6.54 Å². The Labute approximate surface area is 169 Å². The number of carbonyl (C=O) groups excluding carboxylic acids is 1. The molecule has 0 fully saturated rings. The molecule has 10 heteroatoms. The molecule has 0 bridgehead atoms. The Morgan fingerprint density at radius 3 is 2.57 bits per heavy atom. The van der Waals surface area contributed by atoms with E-state index in [0.717, 1.165) is 18.1 Å². The zero-order valence-corrected chi connectivity index (χ0v) is 16.1. The molecule has 0 aliphatic carbocycles. The van der Waals surface area contributed by atoms with Crippen molar-refractivity contribution in [3.8, 4) is 11.4 Å². The van der Waals surface area contributed by atoms with E-state index in [2.05, 4.69) is 14.7 Å². The number of hydrogen-bond acceptors (Lipinski definition) is 5. The van der Waals surface area contributed by atoms with Gasteiger partial charge in [-0.25, -0.2) is 0 Å². The number of pyridine rings is 1. The first kappa shape index (κ1) is 21.3. The summed E-state index contributed by atoms with van der Waals surface area (Å²) in [5.41, 5.74) is 0.742. The van der Waals surface area contributed by atoms with E-state index in [1.807, 2.05) is 30.3 Å². The van der Waals surface area contributed by atoms with Crippen LogP contribution >= 0.6 is 0 Å². The number of halogens is 3. The third kappa shape index (κ3) is 5.34. The maximum absolute atomic E-state index is 12.6. The van der Waals surface area contributed by atoms with Gasteiger partial charge in [0, 0.05) is 44.4 Å². The topological polar surface area (TPSA) is 81.2 Å². The van der Waals surface area contributed by atoms with Crippen molar-refractivity contribution in [2.75, 3.05) is 13.6 Å². The van der Waals surface area contributed by atoms with Gasteiger partial charge in [0.05, 0.1) is 0 Å². The van der Waals surface area contributed by atoms with Gasteiger partial charge in [-0.1, -0.05) is 35.5 Å². The van der Waals surface area contributed by atoms with E-state index in [-0.39, 0.29) is 30.3 Å². The second-order valence-electron chi connectivity index (χ2n) is 6.67. The van der Waals surface area contributed by atoms with Gasteiger partial charge >= 0.3 is 12.1 Å². The normalized spacial score (nSPS) is 11.5. The first-order valence-corrected chi connectivity index (χ1v) is 9.13. The fraction of sp³-hybridized carbons (Fsp3) is 0.300. The minimum atomic E-state index is -4.76. The number of likely N-dealkylation sites (N-methyl/N-ethyl adjacent to an activating group) is 1. The molecule has 0 atom stereocenters. The highest BCUT2D eigenvalue weighted by Crippen LogP contribution is 2.29. The fourth-order valence-electron chi connectivity index (χ4n) is 2.76. The highest BCUT2D eigenvalue weighted by molar-refractivity contribution is 5.75. The molecular formula is C20H19F3N4O3. The molecule has 0 aliphatic rings. The summed E-state index contributed by atoms with van der Waals surface area (Å²) >= 11 is 0. The number of nitrogens with zero attached hydrogens (tertiary/aromatic N) is 4. The summed E-state index contributed by atoms with van der Waals surface area (Å²) in [5.74, 6) is -1.93. The Hall–Kier alpha value is -3.43. The second kappa shape index (κ2) is 8.93. The van der Waals surface area contributed by atoms with Crippen LogP contribution in [0.5, 0.6) is 0 Å².